The molecule has 0 aromatic heterocycles. The summed E-state index contributed by atoms with van der Waals surface area (Å²) in [4.78, 5) is 42.1. The van der Waals surface area contributed by atoms with Crippen LogP contribution in [-0.2, 0) is 20.8 Å². The van der Waals surface area contributed by atoms with Crippen molar-refractivity contribution in [2.75, 3.05) is 26.7 Å². The maximum atomic E-state index is 13.9. The zero-order valence-corrected chi connectivity index (χ0v) is 25.0. The van der Waals surface area contributed by atoms with Crippen LogP contribution in [0.25, 0.3) is 0 Å². The molecular formula is C27H28Cl3F3N4O3S. The Bertz CT molecular complexity index is 1270. The first-order valence-corrected chi connectivity index (χ1v) is 14.7. The molecule has 222 valence electrons. The molecule has 1 saturated carbocycles. The predicted octanol–water partition coefficient (Wildman–Crippen LogP) is 5.32. The van der Waals surface area contributed by atoms with E-state index < -0.39 is 36.9 Å². The van der Waals surface area contributed by atoms with Crippen LogP contribution in [-0.4, -0.2) is 83.3 Å². The molecule has 1 saturated heterocycles. The number of nitrogens with zero attached hydrogens (tertiary/aromatic N) is 3. The molecule has 2 aromatic carbocycles. The van der Waals surface area contributed by atoms with E-state index in [1.54, 1.807) is 40.7 Å². The van der Waals surface area contributed by atoms with Crippen molar-refractivity contribution in [1.29, 1.82) is 0 Å². The van der Waals surface area contributed by atoms with Crippen LogP contribution in [0.15, 0.2) is 47.4 Å². The lowest BCUT2D eigenvalue weighted by molar-refractivity contribution is -0.157. The third kappa shape index (κ3) is 8.75. The minimum absolute atomic E-state index is 0.0194. The number of benzene rings is 2. The summed E-state index contributed by atoms with van der Waals surface area (Å²) in [5.74, 6) is -1.00. The number of carbonyl (C=O) groups is 3. The van der Waals surface area contributed by atoms with Gasteiger partial charge in [0.05, 0.1) is 17.6 Å². The van der Waals surface area contributed by atoms with Crippen molar-refractivity contribution >= 4 is 64.9 Å². The van der Waals surface area contributed by atoms with E-state index in [9.17, 15) is 27.6 Å². The van der Waals surface area contributed by atoms with Gasteiger partial charge in [-0.2, -0.15) is 13.2 Å². The summed E-state index contributed by atoms with van der Waals surface area (Å²) in [6, 6.07) is 9.46. The van der Waals surface area contributed by atoms with Crippen LogP contribution >= 0.6 is 46.8 Å². The van der Waals surface area contributed by atoms with E-state index in [0.29, 0.717) is 44.7 Å². The maximum Gasteiger partial charge on any atom is 0.401 e. The fourth-order valence-corrected chi connectivity index (χ4v) is 6.33. The van der Waals surface area contributed by atoms with Gasteiger partial charge in [0, 0.05) is 33.9 Å². The number of aldehydes is 1. The SMILES string of the molecule is CN(CC1N(Sc2ccc(Cl)cc2Cl)CC(NC(=O)C2CC2)C(=O)N1C(C=O)Cc1ccc(Cl)cc1)CC(F)(F)F. The molecule has 2 fully saturated rings. The fraction of sp³-hybridized carbons (Fsp3) is 0.444. The number of alkyl halides is 3. The standard InChI is InChI=1S/C27H28Cl3F3N4O3S/c1-35(15-27(31,32)33)13-24-36(41-23-9-8-19(29)11-21(23)30)12-22(34-25(39)17-4-5-17)26(40)37(24)20(14-38)10-16-2-6-18(28)7-3-16/h2-3,6-9,11,14,17,20,22,24H,4-5,10,12-13,15H2,1H3,(H,34,39). The zero-order valence-electron chi connectivity index (χ0n) is 21.9. The summed E-state index contributed by atoms with van der Waals surface area (Å²) in [7, 11) is 1.30. The Morgan fingerprint density at radius 1 is 1.15 bits per heavy atom. The van der Waals surface area contributed by atoms with Gasteiger partial charge in [-0.3, -0.25) is 14.5 Å². The van der Waals surface area contributed by atoms with Crippen LogP contribution < -0.4 is 5.32 Å². The van der Waals surface area contributed by atoms with Crippen molar-refractivity contribution in [1.82, 2.24) is 19.4 Å². The number of halogens is 6. The van der Waals surface area contributed by atoms with Gasteiger partial charge >= 0.3 is 6.18 Å². The highest BCUT2D eigenvalue weighted by molar-refractivity contribution is 7.97. The Hall–Kier alpha value is -2.02. The summed E-state index contributed by atoms with van der Waals surface area (Å²) in [5, 5.41) is 3.99. The molecule has 2 aliphatic rings. The molecule has 0 radical (unpaired) electrons. The van der Waals surface area contributed by atoms with Gasteiger partial charge in [-0.25, -0.2) is 4.31 Å². The molecule has 2 aromatic rings. The molecule has 1 aliphatic carbocycles. The predicted molar refractivity (Wildman–Crippen MR) is 153 cm³/mol. The number of hydrogen-bond donors (Lipinski definition) is 1. The molecule has 1 heterocycles. The van der Waals surface area contributed by atoms with Crippen LogP contribution in [0.4, 0.5) is 13.2 Å². The van der Waals surface area contributed by atoms with Crippen LogP contribution in [0.1, 0.15) is 18.4 Å². The van der Waals surface area contributed by atoms with Crippen molar-refractivity contribution in [3.05, 3.63) is 63.1 Å². The van der Waals surface area contributed by atoms with Crippen molar-refractivity contribution < 1.29 is 27.6 Å². The van der Waals surface area contributed by atoms with Gasteiger partial charge in [0.1, 0.15) is 18.5 Å². The quantitative estimate of drug-likeness (QED) is 0.262. The highest BCUT2D eigenvalue weighted by atomic mass is 35.5. The molecule has 41 heavy (non-hydrogen) atoms. The van der Waals surface area contributed by atoms with Gasteiger partial charge < -0.3 is 15.0 Å². The first-order valence-electron chi connectivity index (χ1n) is 12.8. The Kier molecular flexibility index (Phi) is 10.5. The molecule has 0 spiro atoms. The van der Waals surface area contributed by atoms with Crippen LogP contribution in [0.3, 0.4) is 0 Å². The zero-order chi connectivity index (χ0) is 29.9. The second kappa shape index (κ2) is 13.5. The van der Waals surface area contributed by atoms with Crippen LogP contribution in [0.5, 0.6) is 0 Å². The number of amides is 2. The van der Waals surface area contributed by atoms with Crippen LogP contribution in [0, 0.1) is 5.92 Å². The highest BCUT2D eigenvalue weighted by Crippen LogP contribution is 2.37. The molecule has 7 nitrogen and oxygen atoms in total. The normalized spacial score (nSPS) is 20.8. The molecule has 3 unspecified atom stereocenters. The van der Waals surface area contributed by atoms with E-state index in [2.05, 4.69) is 5.32 Å². The van der Waals surface area contributed by atoms with Gasteiger partial charge in [-0.1, -0.05) is 46.9 Å². The minimum atomic E-state index is -4.48. The second-order valence-corrected chi connectivity index (χ2v) is 12.5. The molecule has 2 amide bonds. The van der Waals surface area contributed by atoms with Gasteiger partial charge in [0.15, 0.2) is 0 Å². The first kappa shape index (κ1) is 31.9. The smallest absolute Gasteiger partial charge is 0.343 e. The van der Waals surface area contributed by atoms with E-state index in [0.717, 1.165) is 16.8 Å². The molecule has 14 heteroatoms. The lowest BCUT2D eigenvalue weighted by atomic mass is 10.0. The van der Waals surface area contributed by atoms with E-state index in [4.69, 9.17) is 34.8 Å². The lowest BCUT2D eigenvalue weighted by Crippen LogP contribution is -2.69. The molecular weight excluding hydrogens is 624 g/mol. The molecule has 3 atom stereocenters. The number of likely N-dealkylation sites (N-methyl/N-ethyl adjacent to an activating group) is 1. The first-order chi connectivity index (χ1) is 19.3. The molecule has 1 N–H and O–H groups in total. The van der Waals surface area contributed by atoms with Gasteiger partial charge in [-0.15, -0.1) is 0 Å². The largest absolute Gasteiger partial charge is 0.401 e. The van der Waals surface area contributed by atoms with E-state index in [1.165, 1.54) is 18.0 Å². The Balaban J connectivity index is 1.72. The summed E-state index contributed by atoms with van der Waals surface area (Å²) < 4.78 is 41.6. The van der Waals surface area contributed by atoms with Crippen molar-refractivity contribution in [3.63, 3.8) is 0 Å². The Labute approximate surface area is 255 Å². The number of rotatable bonds is 11. The third-order valence-electron chi connectivity index (χ3n) is 6.74. The lowest BCUT2D eigenvalue weighted by Gasteiger charge is -2.49. The highest BCUT2D eigenvalue weighted by Gasteiger charge is 2.46. The summed E-state index contributed by atoms with van der Waals surface area (Å²) >= 11 is 19.6. The maximum absolute atomic E-state index is 13.9. The fourth-order valence-electron chi connectivity index (χ4n) is 4.65. The second-order valence-electron chi connectivity index (χ2n) is 10.2. The Morgan fingerprint density at radius 3 is 2.39 bits per heavy atom. The topological polar surface area (TPSA) is 73.0 Å². The summed E-state index contributed by atoms with van der Waals surface area (Å²) in [5.41, 5.74) is 0.700. The van der Waals surface area contributed by atoms with Crippen molar-refractivity contribution in [3.8, 4) is 0 Å². The van der Waals surface area contributed by atoms with Crippen molar-refractivity contribution in [2.45, 2.75) is 48.6 Å². The van der Waals surface area contributed by atoms with Crippen LogP contribution in [0.2, 0.25) is 15.1 Å². The van der Waals surface area contributed by atoms with E-state index in [1.807, 2.05) is 0 Å². The minimum Gasteiger partial charge on any atom is -0.343 e. The molecule has 4 rings (SSSR count). The molecule has 1 aliphatic heterocycles. The van der Waals surface area contributed by atoms with Crippen molar-refractivity contribution in [2.24, 2.45) is 5.92 Å². The van der Waals surface area contributed by atoms with Gasteiger partial charge in [0.2, 0.25) is 11.8 Å². The monoisotopic (exact) mass is 650 g/mol. The van der Waals surface area contributed by atoms with Gasteiger partial charge in [-0.05, 0) is 74.2 Å². The summed E-state index contributed by atoms with van der Waals surface area (Å²) in [6.45, 7) is -1.48. The Morgan fingerprint density at radius 2 is 1.80 bits per heavy atom. The molecule has 0 bridgehead atoms. The summed E-state index contributed by atoms with van der Waals surface area (Å²) in [6.07, 6.45) is -3.34. The number of hydrogen-bond acceptors (Lipinski definition) is 6. The average Bonchev–Trinajstić information content (AvgIpc) is 3.73. The average molecular weight is 652 g/mol. The van der Waals surface area contributed by atoms with E-state index in [-0.39, 0.29) is 31.3 Å². The van der Waals surface area contributed by atoms with Gasteiger partial charge in [0.25, 0.3) is 0 Å². The van der Waals surface area contributed by atoms with E-state index >= 15 is 0 Å². The third-order valence-corrected chi connectivity index (χ3v) is 8.83. The number of carbonyl (C=O) groups excluding carboxylic acids is 3. The number of nitrogens with one attached hydrogen (secondary N) is 1.